The van der Waals surface area contributed by atoms with Crippen molar-refractivity contribution in [1.82, 2.24) is 24.8 Å². The van der Waals surface area contributed by atoms with E-state index in [4.69, 9.17) is 10.6 Å². The lowest BCUT2D eigenvalue weighted by atomic mass is 10.0. The molecule has 0 atom stereocenters. The average molecular weight is 427 g/mol. The fraction of sp³-hybridized carbons (Fsp3) is 0.240. The zero-order chi connectivity index (χ0) is 21.9. The summed E-state index contributed by atoms with van der Waals surface area (Å²) in [4.78, 5) is 13.1. The molecule has 0 saturated carbocycles. The Morgan fingerprint density at radius 3 is 2.56 bits per heavy atom. The second kappa shape index (κ2) is 8.90. The van der Waals surface area contributed by atoms with Crippen molar-refractivity contribution in [3.63, 3.8) is 0 Å². The normalized spacial score (nSPS) is 14.5. The molecule has 32 heavy (non-hydrogen) atoms. The summed E-state index contributed by atoms with van der Waals surface area (Å²) in [5.74, 6) is 6.19. The summed E-state index contributed by atoms with van der Waals surface area (Å²) < 4.78 is 5.44. The van der Waals surface area contributed by atoms with Gasteiger partial charge in [-0.3, -0.25) is 14.9 Å². The molecule has 2 N–H and O–H groups in total. The maximum absolute atomic E-state index is 6.19. The van der Waals surface area contributed by atoms with Crippen LogP contribution in [0.15, 0.2) is 67.0 Å². The van der Waals surface area contributed by atoms with Crippen LogP contribution in [0.2, 0.25) is 0 Å². The van der Waals surface area contributed by atoms with Gasteiger partial charge < -0.3 is 10.6 Å². The van der Waals surface area contributed by atoms with Crippen LogP contribution in [0, 0.1) is 6.92 Å². The average Bonchev–Trinajstić information content (AvgIpc) is 3.22. The van der Waals surface area contributed by atoms with E-state index in [2.05, 4.69) is 50.3 Å². The van der Waals surface area contributed by atoms with Crippen LogP contribution in [0.25, 0.3) is 33.8 Å². The Bertz CT molecular complexity index is 1210. The third-order valence-electron chi connectivity index (χ3n) is 5.75. The van der Waals surface area contributed by atoms with Gasteiger partial charge in [0.05, 0.1) is 30.8 Å². The molecule has 0 radical (unpaired) electrons. The number of rotatable bonds is 5. The Morgan fingerprint density at radius 2 is 1.78 bits per heavy atom. The van der Waals surface area contributed by atoms with Crippen LogP contribution in [0.1, 0.15) is 11.3 Å². The predicted octanol–water partition coefficient (Wildman–Crippen LogP) is 3.53. The van der Waals surface area contributed by atoms with E-state index in [0.717, 1.165) is 72.3 Å². The van der Waals surface area contributed by atoms with E-state index in [-0.39, 0.29) is 0 Å². The van der Waals surface area contributed by atoms with Gasteiger partial charge in [-0.05, 0) is 36.8 Å². The van der Waals surface area contributed by atoms with E-state index in [0.29, 0.717) is 0 Å². The molecule has 0 bridgehead atoms. The number of pyridine rings is 2. The van der Waals surface area contributed by atoms with Gasteiger partial charge in [0.25, 0.3) is 0 Å². The van der Waals surface area contributed by atoms with Crippen molar-refractivity contribution in [3.8, 4) is 33.8 Å². The number of ether oxygens (including phenoxy) is 1. The molecule has 4 heterocycles. The fourth-order valence-electron chi connectivity index (χ4n) is 4.06. The number of aromatic nitrogens is 4. The summed E-state index contributed by atoms with van der Waals surface area (Å²) in [6, 6.07) is 18.6. The van der Waals surface area contributed by atoms with Crippen LogP contribution in [0.5, 0.6) is 0 Å². The molecule has 7 heteroatoms. The second-order valence-corrected chi connectivity index (χ2v) is 8.03. The summed E-state index contributed by atoms with van der Waals surface area (Å²) in [6.45, 7) is 6.51. The van der Waals surface area contributed by atoms with Crippen molar-refractivity contribution >= 4 is 0 Å². The molecule has 3 aromatic heterocycles. The van der Waals surface area contributed by atoms with E-state index >= 15 is 0 Å². The lowest BCUT2D eigenvalue weighted by molar-refractivity contribution is 0.0342. The van der Waals surface area contributed by atoms with Crippen LogP contribution in [0.3, 0.4) is 0 Å². The molecule has 1 aromatic carbocycles. The first-order valence-corrected chi connectivity index (χ1v) is 10.8. The molecule has 1 aliphatic rings. The first-order valence-electron chi connectivity index (χ1n) is 10.8. The van der Waals surface area contributed by atoms with E-state index in [1.54, 1.807) is 6.20 Å². The van der Waals surface area contributed by atoms with Gasteiger partial charge in [-0.1, -0.05) is 30.3 Å². The lowest BCUT2D eigenvalue weighted by Gasteiger charge is -2.26. The van der Waals surface area contributed by atoms with Crippen molar-refractivity contribution < 1.29 is 4.74 Å². The highest BCUT2D eigenvalue weighted by molar-refractivity contribution is 5.80. The minimum absolute atomic E-state index is 0.812. The zero-order valence-electron chi connectivity index (χ0n) is 18.1. The standard InChI is InChI=1S/C25H26N6O/c1-18-3-2-4-23(29-18)22-16-28-31(26)25(22)21-9-10-27-24(15-21)20-7-5-19(6-8-20)17-30-11-13-32-14-12-30/h2-10,15-16H,11-14,17,26H2,1H3. The number of hydrogen-bond donors (Lipinski definition) is 1. The molecule has 5 rings (SSSR count). The Hall–Kier alpha value is -3.55. The van der Waals surface area contributed by atoms with Crippen LogP contribution < -0.4 is 5.84 Å². The highest BCUT2D eigenvalue weighted by Crippen LogP contribution is 2.32. The molecule has 1 fully saturated rings. The maximum Gasteiger partial charge on any atom is 0.101 e. The number of morpholine rings is 1. The topological polar surface area (TPSA) is 82.1 Å². The molecule has 1 aliphatic heterocycles. The third kappa shape index (κ3) is 4.26. The van der Waals surface area contributed by atoms with E-state index in [1.165, 1.54) is 10.4 Å². The van der Waals surface area contributed by atoms with Gasteiger partial charge in [0.15, 0.2) is 0 Å². The molecule has 0 aliphatic carbocycles. The number of nitrogens with zero attached hydrogens (tertiary/aromatic N) is 5. The summed E-state index contributed by atoms with van der Waals surface area (Å²) in [7, 11) is 0. The summed E-state index contributed by atoms with van der Waals surface area (Å²) >= 11 is 0. The second-order valence-electron chi connectivity index (χ2n) is 8.03. The minimum atomic E-state index is 0.812. The van der Waals surface area contributed by atoms with E-state index < -0.39 is 0 Å². The Kier molecular flexibility index (Phi) is 5.66. The molecule has 0 spiro atoms. The van der Waals surface area contributed by atoms with Gasteiger partial charge >= 0.3 is 0 Å². The summed E-state index contributed by atoms with van der Waals surface area (Å²) in [5, 5.41) is 4.29. The summed E-state index contributed by atoms with van der Waals surface area (Å²) in [5.41, 5.74) is 7.71. The van der Waals surface area contributed by atoms with Gasteiger partial charge in [-0.2, -0.15) is 9.89 Å². The van der Waals surface area contributed by atoms with Gasteiger partial charge in [0, 0.05) is 48.2 Å². The largest absolute Gasteiger partial charge is 0.379 e. The van der Waals surface area contributed by atoms with Crippen molar-refractivity contribution in [2.45, 2.75) is 13.5 Å². The first-order chi connectivity index (χ1) is 15.7. The van der Waals surface area contributed by atoms with Crippen molar-refractivity contribution in [1.29, 1.82) is 0 Å². The van der Waals surface area contributed by atoms with Crippen LogP contribution >= 0.6 is 0 Å². The quantitative estimate of drug-likeness (QED) is 0.492. The van der Waals surface area contributed by atoms with Crippen molar-refractivity contribution in [2.75, 3.05) is 32.1 Å². The monoisotopic (exact) mass is 426 g/mol. The molecule has 1 saturated heterocycles. The Labute approximate surface area is 187 Å². The molecular weight excluding hydrogens is 400 g/mol. The van der Waals surface area contributed by atoms with E-state index in [9.17, 15) is 0 Å². The smallest absolute Gasteiger partial charge is 0.101 e. The molecule has 4 aromatic rings. The number of nitrogen functional groups attached to an aromatic ring is 1. The van der Waals surface area contributed by atoms with Gasteiger partial charge in [0.2, 0.25) is 0 Å². The Balaban J connectivity index is 1.43. The molecule has 0 unspecified atom stereocenters. The maximum atomic E-state index is 6.19. The first kappa shape index (κ1) is 20.4. The molecule has 0 amide bonds. The van der Waals surface area contributed by atoms with Crippen LogP contribution in [-0.2, 0) is 11.3 Å². The number of hydrogen-bond acceptors (Lipinski definition) is 6. The summed E-state index contributed by atoms with van der Waals surface area (Å²) in [6.07, 6.45) is 3.57. The fourth-order valence-corrected chi connectivity index (χ4v) is 4.06. The van der Waals surface area contributed by atoms with E-state index in [1.807, 2.05) is 37.4 Å². The highest BCUT2D eigenvalue weighted by Gasteiger charge is 2.16. The number of benzene rings is 1. The number of aryl methyl sites for hydroxylation is 1. The molecule has 7 nitrogen and oxygen atoms in total. The van der Waals surface area contributed by atoms with Crippen molar-refractivity contribution in [3.05, 3.63) is 78.2 Å². The van der Waals surface area contributed by atoms with Gasteiger partial charge in [0.1, 0.15) is 5.69 Å². The zero-order valence-corrected chi connectivity index (χ0v) is 18.1. The van der Waals surface area contributed by atoms with Crippen LogP contribution in [0.4, 0.5) is 0 Å². The SMILES string of the molecule is Cc1cccc(-c2cnn(N)c2-c2ccnc(-c3ccc(CN4CCOCC4)cc3)c2)n1. The van der Waals surface area contributed by atoms with Crippen molar-refractivity contribution in [2.24, 2.45) is 0 Å². The van der Waals surface area contributed by atoms with Crippen LogP contribution in [-0.4, -0.2) is 51.1 Å². The van der Waals surface area contributed by atoms with Gasteiger partial charge in [-0.25, -0.2) is 0 Å². The number of nitrogens with two attached hydrogens (primary N) is 1. The lowest BCUT2D eigenvalue weighted by Crippen LogP contribution is -2.35. The third-order valence-corrected chi connectivity index (χ3v) is 5.75. The predicted molar refractivity (Wildman–Crippen MR) is 125 cm³/mol. The van der Waals surface area contributed by atoms with Gasteiger partial charge in [-0.15, -0.1) is 0 Å². The minimum Gasteiger partial charge on any atom is -0.379 e. The Morgan fingerprint density at radius 1 is 0.969 bits per heavy atom. The molecular formula is C25H26N6O. The highest BCUT2D eigenvalue weighted by atomic mass is 16.5. The molecule has 162 valence electrons.